The maximum absolute atomic E-state index is 10.6. The van der Waals surface area contributed by atoms with Gasteiger partial charge in [0.05, 0.1) is 0 Å². The number of carbonyl (C=O) groups excluding carboxylic acids is 1. The monoisotopic (exact) mass is 123 g/mol. The minimum absolute atomic E-state index is 0.218. The van der Waals surface area contributed by atoms with E-state index in [4.69, 9.17) is 0 Å². The van der Waals surface area contributed by atoms with E-state index < -0.39 is 0 Å². The van der Waals surface area contributed by atoms with Gasteiger partial charge >= 0.3 is 0 Å². The van der Waals surface area contributed by atoms with Gasteiger partial charge in [-0.05, 0) is 18.4 Å². The molecule has 9 heavy (non-hydrogen) atoms. The van der Waals surface area contributed by atoms with Crippen LogP contribution in [-0.2, 0) is 4.79 Å². The maximum atomic E-state index is 10.6. The van der Waals surface area contributed by atoms with E-state index in [2.05, 4.69) is 23.9 Å². The second-order valence-electron chi connectivity index (χ2n) is 1.61. The zero-order valence-corrected chi connectivity index (χ0v) is 5.62. The van der Waals surface area contributed by atoms with Gasteiger partial charge in [0.1, 0.15) is 0 Å². The van der Waals surface area contributed by atoms with E-state index in [0.717, 1.165) is 0 Å². The number of hydrogen-bond donors (Lipinski definition) is 1. The Bertz CT molecular complexity index is 183. The van der Waals surface area contributed by atoms with Gasteiger partial charge in [0, 0.05) is 13.1 Å². The van der Waals surface area contributed by atoms with Crippen molar-refractivity contribution in [2.45, 2.75) is 6.92 Å². The third-order valence-corrected chi connectivity index (χ3v) is 0.689. The quantitative estimate of drug-likeness (QED) is 0.309. The molecule has 0 rings (SSSR count). The Morgan fingerprint density at radius 3 is 2.56 bits per heavy atom. The summed E-state index contributed by atoms with van der Waals surface area (Å²) >= 11 is 0. The van der Waals surface area contributed by atoms with Crippen molar-refractivity contribution >= 4 is 5.78 Å². The van der Waals surface area contributed by atoms with Crippen LogP contribution in [0, 0.1) is 12.0 Å². The molecular formula is C7H9NO. The fourth-order valence-corrected chi connectivity index (χ4v) is 0.226. The topological polar surface area (TPSA) is 29.1 Å². The molecule has 1 N–H and O–H groups in total. The summed E-state index contributed by atoms with van der Waals surface area (Å²) < 4.78 is 0. The van der Waals surface area contributed by atoms with Gasteiger partial charge < -0.3 is 5.32 Å². The van der Waals surface area contributed by atoms with Gasteiger partial charge in [0.25, 0.3) is 0 Å². The largest absolute Gasteiger partial charge is 0.349 e. The van der Waals surface area contributed by atoms with Crippen molar-refractivity contribution < 1.29 is 4.79 Å². The normalized spacial score (nSPS) is 6.89. The molecule has 0 unspecified atom stereocenters. The zero-order valence-electron chi connectivity index (χ0n) is 5.62. The van der Waals surface area contributed by atoms with Gasteiger partial charge in [-0.1, -0.05) is 6.58 Å². The van der Waals surface area contributed by atoms with Crippen LogP contribution in [0.1, 0.15) is 6.92 Å². The highest BCUT2D eigenvalue weighted by Crippen LogP contribution is 1.85. The van der Waals surface area contributed by atoms with Gasteiger partial charge in [-0.3, -0.25) is 4.79 Å². The molecule has 48 valence electrons. The third-order valence-electron chi connectivity index (χ3n) is 0.689. The number of rotatable bonds is 1. The lowest BCUT2D eigenvalue weighted by atomic mass is 10.2. The Hall–Kier alpha value is -1.23. The summed E-state index contributed by atoms with van der Waals surface area (Å²) in [4.78, 5) is 10.6. The Morgan fingerprint density at radius 2 is 2.22 bits per heavy atom. The first-order chi connectivity index (χ1) is 4.18. The molecule has 0 aromatic rings. The highest BCUT2D eigenvalue weighted by Gasteiger charge is 1.92. The lowest BCUT2D eigenvalue weighted by molar-refractivity contribution is -0.110. The second kappa shape index (κ2) is 3.73. The highest BCUT2D eigenvalue weighted by molar-refractivity contribution is 6.07. The summed E-state index contributed by atoms with van der Waals surface area (Å²) in [6.45, 7) is 5.06. The van der Waals surface area contributed by atoms with Crippen LogP contribution in [0.25, 0.3) is 0 Å². The molecule has 0 radical (unpaired) electrons. The molecule has 0 aromatic carbocycles. The molecule has 0 amide bonds. The van der Waals surface area contributed by atoms with Gasteiger partial charge in [-0.25, -0.2) is 0 Å². The van der Waals surface area contributed by atoms with Gasteiger partial charge in [0.15, 0.2) is 0 Å². The Kier molecular flexibility index (Phi) is 3.22. The molecule has 0 aliphatic heterocycles. The molecule has 0 aliphatic carbocycles. The lowest BCUT2D eigenvalue weighted by Gasteiger charge is -1.83. The molecule has 0 heterocycles. The molecule has 2 heteroatoms. The number of Topliss-reactive ketones (excluding diaryl/α,β-unsaturated/α-hetero) is 1. The molecule has 0 atom stereocenters. The molecule has 0 aliphatic rings. The fraction of sp³-hybridized carbons (Fsp3) is 0.286. The van der Waals surface area contributed by atoms with E-state index in [-0.39, 0.29) is 5.78 Å². The minimum Gasteiger partial charge on any atom is -0.349 e. The average molecular weight is 123 g/mol. The molecule has 0 spiro atoms. The van der Waals surface area contributed by atoms with Crippen LogP contribution < -0.4 is 5.32 Å². The van der Waals surface area contributed by atoms with Crippen molar-refractivity contribution in [1.29, 1.82) is 0 Å². The summed E-state index contributed by atoms with van der Waals surface area (Å²) in [7, 11) is 1.65. The molecule has 2 nitrogen and oxygen atoms in total. The van der Waals surface area contributed by atoms with E-state index in [0.29, 0.717) is 5.57 Å². The smallest absolute Gasteiger partial charge is 0.232 e. The summed E-state index contributed by atoms with van der Waals surface area (Å²) in [6.07, 6.45) is 0. The van der Waals surface area contributed by atoms with Gasteiger partial charge in [0.2, 0.25) is 5.78 Å². The Labute approximate surface area is 54.9 Å². The van der Waals surface area contributed by atoms with Crippen LogP contribution >= 0.6 is 0 Å². The predicted octanol–water partition coefficient (Wildman–Crippen LogP) is 0.312. The van der Waals surface area contributed by atoms with Crippen molar-refractivity contribution in [2.75, 3.05) is 7.05 Å². The van der Waals surface area contributed by atoms with Crippen LogP contribution in [0.2, 0.25) is 0 Å². The predicted molar refractivity (Wildman–Crippen MR) is 36.7 cm³/mol. The summed E-state index contributed by atoms with van der Waals surface area (Å²) in [6, 6.07) is 2.42. The van der Waals surface area contributed by atoms with Crippen LogP contribution in [0.4, 0.5) is 0 Å². The summed E-state index contributed by atoms with van der Waals surface area (Å²) in [5, 5.41) is 2.53. The van der Waals surface area contributed by atoms with E-state index in [1.807, 2.05) is 0 Å². The molecular weight excluding hydrogens is 114 g/mol. The molecule has 0 saturated heterocycles. The average Bonchev–Trinajstić information content (AvgIpc) is 1.82. The minimum atomic E-state index is -0.218. The first-order valence-corrected chi connectivity index (χ1v) is 2.56. The summed E-state index contributed by atoms with van der Waals surface area (Å²) in [5.41, 5.74) is 0.470. The fourth-order valence-electron chi connectivity index (χ4n) is 0.226. The first kappa shape index (κ1) is 7.77. The third kappa shape index (κ3) is 3.36. The molecule has 0 saturated carbocycles. The number of ketones is 1. The van der Waals surface area contributed by atoms with E-state index in [9.17, 15) is 4.79 Å². The van der Waals surface area contributed by atoms with Crippen molar-refractivity contribution in [3.05, 3.63) is 12.2 Å². The lowest BCUT2D eigenvalue weighted by Crippen LogP contribution is -1.98. The van der Waals surface area contributed by atoms with Crippen LogP contribution in [0.3, 0.4) is 0 Å². The first-order valence-electron chi connectivity index (χ1n) is 2.56. The Morgan fingerprint density at radius 1 is 1.67 bits per heavy atom. The zero-order chi connectivity index (χ0) is 7.28. The van der Waals surface area contributed by atoms with Crippen LogP contribution in [0.5, 0.6) is 0 Å². The van der Waals surface area contributed by atoms with Crippen molar-refractivity contribution in [3.63, 3.8) is 0 Å². The highest BCUT2D eigenvalue weighted by atomic mass is 16.1. The molecule has 0 aromatic heterocycles. The number of carbonyl (C=O) groups is 1. The Balaban J connectivity index is 3.92. The van der Waals surface area contributed by atoms with Crippen LogP contribution in [-0.4, -0.2) is 12.8 Å². The molecule has 0 fully saturated rings. The number of hydrogen-bond acceptors (Lipinski definition) is 2. The van der Waals surface area contributed by atoms with Crippen molar-refractivity contribution in [3.8, 4) is 12.0 Å². The van der Waals surface area contributed by atoms with Crippen LogP contribution in [0.15, 0.2) is 12.2 Å². The van der Waals surface area contributed by atoms with Crippen molar-refractivity contribution in [1.82, 2.24) is 5.32 Å². The van der Waals surface area contributed by atoms with E-state index in [1.165, 1.54) is 0 Å². The SMILES string of the molecule is C=C(C)C(=O)C#CNC. The number of allylic oxidation sites excluding steroid dienone is 1. The number of nitrogens with one attached hydrogen (secondary N) is 1. The second-order valence-corrected chi connectivity index (χ2v) is 1.61. The maximum Gasteiger partial charge on any atom is 0.232 e. The van der Waals surface area contributed by atoms with E-state index in [1.54, 1.807) is 14.0 Å². The van der Waals surface area contributed by atoms with Crippen molar-refractivity contribution in [2.24, 2.45) is 0 Å². The standard InChI is InChI=1S/C7H9NO/c1-6(2)7(9)4-5-8-3/h8H,1H2,2-3H3. The van der Waals surface area contributed by atoms with Gasteiger partial charge in [-0.15, -0.1) is 0 Å². The summed E-state index contributed by atoms with van der Waals surface area (Å²) in [5.74, 6) is 2.11. The van der Waals surface area contributed by atoms with E-state index >= 15 is 0 Å². The van der Waals surface area contributed by atoms with Gasteiger partial charge in [-0.2, -0.15) is 0 Å². The molecule has 0 bridgehead atoms.